The summed E-state index contributed by atoms with van der Waals surface area (Å²) in [6.45, 7) is 10.3. The van der Waals surface area contributed by atoms with Crippen molar-refractivity contribution in [3.8, 4) is 0 Å². The van der Waals surface area contributed by atoms with Crippen LogP contribution in [-0.2, 0) is 4.74 Å². The van der Waals surface area contributed by atoms with E-state index in [1.807, 2.05) is 13.0 Å². The number of morpholine rings is 1. The predicted molar refractivity (Wildman–Crippen MR) is 88.2 cm³/mol. The number of furan rings is 1. The van der Waals surface area contributed by atoms with E-state index in [2.05, 4.69) is 40.4 Å². The van der Waals surface area contributed by atoms with Crippen molar-refractivity contribution in [3.05, 3.63) is 23.7 Å². The Hall–Kier alpha value is -1.53. The predicted octanol–water partition coefficient (Wildman–Crippen LogP) is 1.53. The second-order valence-corrected chi connectivity index (χ2v) is 5.86. The van der Waals surface area contributed by atoms with Crippen LogP contribution in [0.5, 0.6) is 0 Å². The van der Waals surface area contributed by atoms with Crippen LogP contribution in [0.15, 0.2) is 21.5 Å². The summed E-state index contributed by atoms with van der Waals surface area (Å²) in [6.07, 6.45) is 0. The van der Waals surface area contributed by atoms with Crippen LogP contribution in [0, 0.1) is 6.92 Å². The Balaban J connectivity index is 2.04. The summed E-state index contributed by atoms with van der Waals surface area (Å²) in [5.74, 6) is 2.75. The summed E-state index contributed by atoms with van der Waals surface area (Å²) >= 11 is 0. The van der Waals surface area contributed by atoms with Crippen LogP contribution in [0.25, 0.3) is 0 Å². The molecule has 2 rings (SSSR count). The lowest BCUT2D eigenvalue weighted by Crippen LogP contribution is -2.47. The van der Waals surface area contributed by atoms with Gasteiger partial charge >= 0.3 is 0 Å². The van der Waals surface area contributed by atoms with Crippen LogP contribution in [0.1, 0.15) is 31.4 Å². The van der Waals surface area contributed by atoms with E-state index in [-0.39, 0.29) is 6.04 Å². The Labute approximate surface area is 132 Å². The fourth-order valence-electron chi connectivity index (χ4n) is 2.59. The van der Waals surface area contributed by atoms with Gasteiger partial charge < -0.3 is 19.8 Å². The number of aryl methyl sites for hydroxylation is 1. The highest BCUT2D eigenvalue weighted by Gasteiger charge is 2.25. The zero-order valence-electron chi connectivity index (χ0n) is 14.1. The van der Waals surface area contributed by atoms with E-state index in [1.54, 1.807) is 7.05 Å². The zero-order valence-corrected chi connectivity index (χ0v) is 14.1. The van der Waals surface area contributed by atoms with Crippen molar-refractivity contribution in [1.29, 1.82) is 0 Å². The first-order chi connectivity index (χ1) is 10.6. The first kappa shape index (κ1) is 16.8. The Morgan fingerprint density at radius 1 is 1.32 bits per heavy atom. The molecule has 0 spiro atoms. The second kappa shape index (κ2) is 8.19. The minimum Gasteiger partial charge on any atom is -0.465 e. The fraction of sp³-hybridized carbons (Fsp3) is 0.688. The monoisotopic (exact) mass is 308 g/mol. The molecule has 124 valence electrons. The highest BCUT2D eigenvalue weighted by Crippen LogP contribution is 2.23. The number of hydrogen-bond donors (Lipinski definition) is 2. The van der Waals surface area contributed by atoms with Gasteiger partial charge in [0.1, 0.15) is 11.5 Å². The van der Waals surface area contributed by atoms with Gasteiger partial charge in [-0.25, -0.2) is 0 Å². The van der Waals surface area contributed by atoms with Crippen molar-refractivity contribution in [1.82, 2.24) is 15.5 Å². The van der Waals surface area contributed by atoms with Crippen molar-refractivity contribution in [2.45, 2.75) is 32.9 Å². The molecule has 1 saturated heterocycles. The lowest BCUT2D eigenvalue weighted by molar-refractivity contribution is 0.0124. The van der Waals surface area contributed by atoms with Crippen LogP contribution in [0.2, 0.25) is 0 Å². The topological polar surface area (TPSA) is 62.0 Å². The lowest BCUT2D eigenvalue weighted by Gasteiger charge is -2.33. The molecule has 0 aromatic carbocycles. The van der Waals surface area contributed by atoms with Crippen molar-refractivity contribution in [3.63, 3.8) is 0 Å². The minimum absolute atomic E-state index is 0.184. The summed E-state index contributed by atoms with van der Waals surface area (Å²) in [4.78, 5) is 6.67. The Kier molecular flexibility index (Phi) is 6.27. The first-order valence-corrected chi connectivity index (χ1v) is 7.95. The third kappa shape index (κ3) is 4.74. The van der Waals surface area contributed by atoms with Crippen LogP contribution in [0.4, 0.5) is 0 Å². The number of nitrogens with zero attached hydrogens (tertiary/aromatic N) is 2. The maximum absolute atomic E-state index is 5.86. The van der Waals surface area contributed by atoms with Crippen molar-refractivity contribution >= 4 is 5.96 Å². The number of guanidine groups is 1. The molecule has 1 aliphatic heterocycles. The van der Waals surface area contributed by atoms with Crippen LogP contribution in [-0.4, -0.2) is 56.8 Å². The van der Waals surface area contributed by atoms with E-state index in [0.717, 1.165) is 50.3 Å². The third-order valence-electron chi connectivity index (χ3n) is 3.69. The van der Waals surface area contributed by atoms with E-state index in [4.69, 9.17) is 9.15 Å². The summed E-state index contributed by atoms with van der Waals surface area (Å²) < 4.78 is 11.3. The number of ether oxygens (including phenoxy) is 1. The van der Waals surface area contributed by atoms with Gasteiger partial charge in [0.05, 0.1) is 19.3 Å². The highest BCUT2D eigenvalue weighted by atomic mass is 16.5. The van der Waals surface area contributed by atoms with Crippen LogP contribution >= 0.6 is 0 Å². The SMILES string of the molecule is CN=C(NCC(c1ccc(C)o1)N1CCOCC1)NC(C)C. The van der Waals surface area contributed by atoms with E-state index in [1.165, 1.54) is 0 Å². The van der Waals surface area contributed by atoms with Gasteiger partial charge in [0.2, 0.25) is 0 Å². The van der Waals surface area contributed by atoms with Gasteiger partial charge in [0.15, 0.2) is 5.96 Å². The normalized spacial score (nSPS) is 18.5. The molecule has 0 radical (unpaired) electrons. The van der Waals surface area contributed by atoms with Gasteiger partial charge in [-0.05, 0) is 32.9 Å². The zero-order chi connectivity index (χ0) is 15.9. The summed E-state index contributed by atoms with van der Waals surface area (Å²) in [5, 5.41) is 6.71. The van der Waals surface area contributed by atoms with Gasteiger partial charge in [0, 0.05) is 32.7 Å². The molecule has 0 amide bonds. The molecule has 1 aliphatic rings. The molecule has 2 N–H and O–H groups in total. The van der Waals surface area contributed by atoms with Crippen molar-refractivity contribution < 1.29 is 9.15 Å². The molecule has 1 fully saturated rings. The fourth-order valence-corrected chi connectivity index (χ4v) is 2.59. The smallest absolute Gasteiger partial charge is 0.191 e. The van der Waals surface area contributed by atoms with Gasteiger partial charge in [-0.1, -0.05) is 0 Å². The first-order valence-electron chi connectivity index (χ1n) is 7.95. The molecule has 0 bridgehead atoms. The number of aliphatic imine (C=N–C) groups is 1. The van der Waals surface area contributed by atoms with Gasteiger partial charge in [0.25, 0.3) is 0 Å². The molecule has 0 saturated carbocycles. The molecular formula is C16H28N4O2. The molecular weight excluding hydrogens is 280 g/mol. The molecule has 6 heteroatoms. The molecule has 1 atom stereocenters. The standard InChI is InChI=1S/C16H28N4O2/c1-12(2)19-16(17-4)18-11-14(15-6-5-13(3)22-15)20-7-9-21-10-8-20/h5-6,12,14H,7-11H2,1-4H3,(H2,17,18,19). The summed E-state index contributed by atoms with van der Waals surface area (Å²) in [7, 11) is 1.79. The highest BCUT2D eigenvalue weighted by molar-refractivity contribution is 5.79. The van der Waals surface area contributed by atoms with E-state index >= 15 is 0 Å². The van der Waals surface area contributed by atoms with Crippen molar-refractivity contribution in [2.75, 3.05) is 39.9 Å². The average Bonchev–Trinajstić information content (AvgIpc) is 2.93. The molecule has 1 aromatic rings. The summed E-state index contributed by atoms with van der Waals surface area (Å²) in [6, 6.07) is 4.61. The number of hydrogen-bond acceptors (Lipinski definition) is 4. The van der Waals surface area contributed by atoms with Crippen molar-refractivity contribution in [2.24, 2.45) is 4.99 Å². The Morgan fingerprint density at radius 3 is 2.59 bits per heavy atom. The molecule has 1 unspecified atom stereocenters. The lowest BCUT2D eigenvalue weighted by atomic mass is 10.1. The van der Waals surface area contributed by atoms with Crippen LogP contribution < -0.4 is 10.6 Å². The maximum Gasteiger partial charge on any atom is 0.191 e. The molecule has 1 aromatic heterocycles. The van der Waals surface area contributed by atoms with E-state index < -0.39 is 0 Å². The van der Waals surface area contributed by atoms with Crippen LogP contribution in [0.3, 0.4) is 0 Å². The second-order valence-electron chi connectivity index (χ2n) is 5.86. The Morgan fingerprint density at radius 2 is 2.05 bits per heavy atom. The molecule has 2 heterocycles. The third-order valence-corrected chi connectivity index (χ3v) is 3.69. The molecule has 6 nitrogen and oxygen atoms in total. The van der Waals surface area contributed by atoms with Gasteiger partial charge in [-0.3, -0.25) is 9.89 Å². The minimum atomic E-state index is 0.184. The summed E-state index contributed by atoms with van der Waals surface area (Å²) in [5.41, 5.74) is 0. The number of nitrogens with one attached hydrogen (secondary N) is 2. The molecule has 22 heavy (non-hydrogen) atoms. The maximum atomic E-state index is 5.86. The largest absolute Gasteiger partial charge is 0.465 e. The average molecular weight is 308 g/mol. The number of rotatable bonds is 5. The van der Waals surface area contributed by atoms with Gasteiger partial charge in [-0.2, -0.15) is 0 Å². The van der Waals surface area contributed by atoms with E-state index in [9.17, 15) is 0 Å². The van der Waals surface area contributed by atoms with Gasteiger partial charge in [-0.15, -0.1) is 0 Å². The van der Waals surface area contributed by atoms with E-state index in [0.29, 0.717) is 6.04 Å². The Bertz CT molecular complexity index is 478. The quantitative estimate of drug-likeness (QED) is 0.638. The molecule has 0 aliphatic carbocycles.